The number of rotatable bonds is 14. The fourth-order valence-electron chi connectivity index (χ4n) is 5.12. The Labute approximate surface area is 231 Å². The number of hydrogen-bond acceptors (Lipinski definition) is 1. The molecule has 1 heterocycles. The Balaban J connectivity index is 1.40. The first-order chi connectivity index (χ1) is 18.6. The van der Waals surface area contributed by atoms with Gasteiger partial charge in [-0.25, -0.2) is 4.98 Å². The number of unbranched alkanes of at least 4 members (excludes halogenated alkanes) is 9. The molecule has 1 aromatic heterocycles. The summed E-state index contributed by atoms with van der Waals surface area (Å²) in [6.07, 6.45) is 15.0. The lowest BCUT2D eigenvalue weighted by Gasteiger charge is -2.11. The fraction of sp³-hybridized carbons (Fsp3) is 0.378. The maximum atomic E-state index is 5.07. The minimum Gasteiger partial charge on any atom is -0.248 e. The second kappa shape index (κ2) is 14.7. The van der Waals surface area contributed by atoms with Crippen molar-refractivity contribution in [1.82, 2.24) is 4.98 Å². The lowest BCUT2D eigenvalue weighted by atomic mass is 9.97. The molecule has 0 spiro atoms. The summed E-state index contributed by atoms with van der Waals surface area (Å²) in [5.41, 5.74) is 10.8. The lowest BCUT2D eigenvalue weighted by Crippen LogP contribution is -1.92. The molecule has 0 saturated carbocycles. The van der Waals surface area contributed by atoms with E-state index in [4.69, 9.17) is 4.98 Å². The van der Waals surface area contributed by atoms with Gasteiger partial charge in [-0.3, -0.25) is 0 Å². The van der Waals surface area contributed by atoms with Crippen LogP contribution in [0.15, 0.2) is 84.9 Å². The van der Waals surface area contributed by atoms with Gasteiger partial charge < -0.3 is 0 Å². The third kappa shape index (κ3) is 8.42. The van der Waals surface area contributed by atoms with E-state index in [0.717, 1.165) is 22.5 Å². The first-order valence-electron chi connectivity index (χ1n) is 14.9. The predicted octanol–water partition coefficient (Wildman–Crippen LogP) is 11.2. The highest BCUT2D eigenvalue weighted by Gasteiger charge is 2.09. The van der Waals surface area contributed by atoms with Gasteiger partial charge in [0.1, 0.15) is 0 Å². The summed E-state index contributed by atoms with van der Waals surface area (Å²) in [6.45, 7) is 6.54. The topological polar surface area (TPSA) is 12.9 Å². The van der Waals surface area contributed by atoms with E-state index in [1.807, 2.05) is 0 Å². The fourth-order valence-corrected chi connectivity index (χ4v) is 5.12. The molecule has 0 aliphatic rings. The van der Waals surface area contributed by atoms with Crippen LogP contribution < -0.4 is 0 Å². The zero-order chi connectivity index (χ0) is 26.6. The van der Waals surface area contributed by atoms with Crippen LogP contribution in [0, 0.1) is 13.8 Å². The van der Waals surface area contributed by atoms with E-state index in [1.54, 1.807) is 0 Å². The molecule has 4 aromatic rings. The van der Waals surface area contributed by atoms with Crippen LogP contribution in [0.25, 0.3) is 33.6 Å². The Morgan fingerprint density at radius 2 is 0.868 bits per heavy atom. The summed E-state index contributed by atoms with van der Waals surface area (Å²) in [7, 11) is 0. The van der Waals surface area contributed by atoms with Crippen molar-refractivity contribution in [1.29, 1.82) is 0 Å². The smallest absolute Gasteiger partial charge is 0.0715 e. The van der Waals surface area contributed by atoms with Crippen LogP contribution in [0.5, 0.6) is 0 Å². The molecule has 1 heteroatoms. The van der Waals surface area contributed by atoms with E-state index >= 15 is 0 Å². The van der Waals surface area contributed by atoms with E-state index in [0.29, 0.717) is 0 Å². The largest absolute Gasteiger partial charge is 0.248 e. The van der Waals surface area contributed by atoms with Gasteiger partial charge in [0.15, 0.2) is 0 Å². The highest BCUT2D eigenvalue weighted by Crippen LogP contribution is 2.31. The van der Waals surface area contributed by atoms with Gasteiger partial charge in [-0.2, -0.15) is 0 Å². The third-order valence-corrected chi connectivity index (χ3v) is 7.63. The Hall–Kier alpha value is -3.19. The predicted molar refractivity (Wildman–Crippen MR) is 166 cm³/mol. The van der Waals surface area contributed by atoms with Gasteiger partial charge in [-0.05, 0) is 55.5 Å². The molecule has 0 aliphatic heterocycles. The zero-order valence-corrected chi connectivity index (χ0v) is 23.8. The van der Waals surface area contributed by atoms with Gasteiger partial charge in [0, 0.05) is 11.1 Å². The van der Waals surface area contributed by atoms with Gasteiger partial charge in [0.25, 0.3) is 0 Å². The molecular formula is C37H45N. The molecule has 3 aromatic carbocycles. The number of pyridine rings is 1. The molecule has 38 heavy (non-hydrogen) atoms. The van der Waals surface area contributed by atoms with E-state index in [9.17, 15) is 0 Å². The number of benzene rings is 3. The molecule has 0 bridgehead atoms. The Morgan fingerprint density at radius 3 is 1.34 bits per heavy atom. The summed E-state index contributed by atoms with van der Waals surface area (Å²) >= 11 is 0. The van der Waals surface area contributed by atoms with Crippen LogP contribution >= 0.6 is 0 Å². The van der Waals surface area contributed by atoms with Gasteiger partial charge in [0.2, 0.25) is 0 Å². The van der Waals surface area contributed by atoms with Gasteiger partial charge >= 0.3 is 0 Å². The van der Waals surface area contributed by atoms with Crippen molar-refractivity contribution in [2.24, 2.45) is 0 Å². The molecule has 0 N–H and O–H groups in total. The van der Waals surface area contributed by atoms with Crippen molar-refractivity contribution >= 4 is 0 Å². The SMILES string of the molecule is CCCCCCCCCCCCc1ccc(-c2cc(-c3ccc(C)cc3)nc(-c3ccc(C)cc3)c2)cc1. The first-order valence-corrected chi connectivity index (χ1v) is 14.9. The van der Waals surface area contributed by atoms with Crippen molar-refractivity contribution in [3.8, 4) is 33.6 Å². The van der Waals surface area contributed by atoms with Crippen molar-refractivity contribution in [2.75, 3.05) is 0 Å². The van der Waals surface area contributed by atoms with E-state index in [1.165, 1.54) is 98.4 Å². The molecular weight excluding hydrogens is 458 g/mol. The van der Waals surface area contributed by atoms with E-state index in [2.05, 4.69) is 106 Å². The van der Waals surface area contributed by atoms with Crippen LogP contribution in [-0.4, -0.2) is 4.98 Å². The average Bonchev–Trinajstić information content (AvgIpc) is 2.95. The molecule has 0 saturated heterocycles. The molecule has 4 rings (SSSR count). The van der Waals surface area contributed by atoms with Crippen LogP contribution in [0.1, 0.15) is 87.8 Å². The van der Waals surface area contributed by atoms with Crippen LogP contribution in [-0.2, 0) is 6.42 Å². The second-order valence-corrected chi connectivity index (χ2v) is 11.0. The summed E-state index contributed by atoms with van der Waals surface area (Å²) in [5, 5.41) is 0. The molecule has 1 nitrogen and oxygen atoms in total. The first kappa shape index (κ1) is 27.8. The van der Waals surface area contributed by atoms with Gasteiger partial charge in [-0.1, -0.05) is 149 Å². The average molecular weight is 504 g/mol. The third-order valence-electron chi connectivity index (χ3n) is 7.63. The van der Waals surface area contributed by atoms with Crippen molar-refractivity contribution < 1.29 is 0 Å². The number of aryl methyl sites for hydroxylation is 3. The highest BCUT2D eigenvalue weighted by atomic mass is 14.7. The van der Waals surface area contributed by atoms with Crippen molar-refractivity contribution in [3.63, 3.8) is 0 Å². The Morgan fingerprint density at radius 1 is 0.447 bits per heavy atom. The normalized spacial score (nSPS) is 11.1. The monoisotopic (exact) mass is 503 g/mol. The van der Waals surface area contributed by atoms with Crippen LogP contribution in [0.4, 0.5) is 0 Å². The van der Waals surface area contributed by atoms with E-state index < -0.39 is 0 Å². The minimum atomic E-state index is 1.02. The van der Waals surface area contributed by atoms with Crippen molar-refractivity contribution in [2.45, 2.75) is 91.4 Å². The minimum absolute atomic E-state index is 1.02. The van der Waals surface area contributed by atoms with Crippen LogP contribution in [0.2, 0.25) is 0 Å². The summed E-state index contributed by atoms with van der Waals surface area (Å²) < 4.78 is 0. The number of aromatic nitrogens is 1. The number of hydrogen-bond donors (Lipinski definition) is 0. The second-order valence-electron chi connectivity index (χ2n) is 11.0. The summed E-state index contributed by atoms with van der Waals surface area (Å²) in [5.74, 6) is 0. The molecule has 0 amide bonds. The summed E-state index contributed by atoms with van der Waals surface area (Å²) in [6, 6.07) is 31.1. The molecule has 0 aliphatic carbocycles. The molecule has 0 unspecified atom stereocenters. The van der Waals surface area contributed by atoms with E-state index in [-0.39, 0.29) is 0 Å². The Kier molecular flexibility index (Phi) is 10.7. The standard InChI is InChI=1S/C37H45N/c1-4-5-6-7-8-9-10-11-12-13-14-31-19-25-32(26-20-31)35-27-36(33-21-15-29(2)16-22-33)38-37(28-35)34-23-17-30(3)18-24-34/h15-28H,4-14H2,1-3H3. The zero-order valence-electron chi connectivity index (χ0n) is 23.8. The summed E-state index contributed by atoms with van der Waals surface area (Å²) in [4.78, 5) is 5.07. The number of nitrogens with zero attached hydrogens (tertiary/aromatic N) is 1. The maximum absolute atomic E-state index is 5.07. The van der Waals surface area contributed by atoms with Crippen LogP contribution in [0.3, 0.4) is 0 Å². The van der Waals surface area contributed by atoms with Gasteiger partial charge in [-0.15, -0.1) is 0 Å². The Bertz CT molecular complexity index is 1170. The van der Waals surface area contributed by atoms with Gasteiger partial charge in [0.05, 0.1) is 11.4 Å². The molecule has 0 radical (unpaired) electrons. The molecule has 0 fully saturated rings. The lowest BCUT2D eigenvalue weighted by molar-refractivity contribution is 0.556. The molecule has 0 atom stereocenters. The molecule has 198 valence electrons. The maximum Gasteiger partial charge on any atom is 0.0715 e. The highest BCUT2D eigenvalue weighted by molar-refractivity contribution is 5.76. The van der Waals surface area contributed by atoms with Crippen molar-refractivity contribution in [3.05, 3.63) is 102 Å². The quantitative estimate of drug-likeness (QED) is 0.156.